The number of anilines is 1. The number of nitrogens with zero attached hydrogens (tertiary/aromatic N) is 3. The predicted octanol–water partition coefficient (Wildman–Crippen LogP) is 3.94. The fourth-order valence-electron chi connectivity index (χ4n) is 3.04. The first-order valence-electron chi connectivity index (χ1n) is 7.87. The second-order valence-electron chi connectivity index (χ2n) is 6.06. The third kappa shape index (κ3) is 2.53. The van der Waals surface area contributed by atoms with Crippen LogP contribution in [0.25, 0.3) is 10.7 Å². The minimum absolute atomic E-state index is 0.0568. The summed E-state index contributed by atoms with van der Waals surface area (Å²) in [7, 11) is 0. The third-order valence-corrected chi connectivity index (χ3v) is 5.39. The molecule has 1 amide bonds. The summed E-state index contributed by atoms with van der Waals surface area (Å²) in [6, 6.07) is 9.95. The molecule has 1 aromatic carbocycles. The zero-order valence-corrected chi connectivity index (χ0v) is 14.3. The van der Waals surface area contributed by atoms with E-state index in [4.69, 9.17) is 4.52 Å². The Hall–Kier alpha value is -2.47. The monoisotopic (exact) mass is 339 g/mol. The zero-order valence-electron chi connectivity index (χ0n) is 13.5. The zero-order chi connectivity index (χ0) is 16.7. The van der Waals surface area contributed by atoms with Gasteiger partial charge in [-0.25, -0.2) is 0 Å². The van der Waals surface area contributed by atoms with E-state index in [2.05, 4.69) is 23.1 Å². The van der Waals surface area contributed by atoms with Gasteiger partial charge in [0.15, 0.2) is 0 Å². The van der Waals surface area contributed by atoms with E-state index in [0.29, 0.717) is 24.7 Å². The van der Waals surface area contributed by atoms with Crippen molar-refractivity contribution in [1.29, 1.82) is 0 Å². The summed E-state index contributed by atoms with van der Waals surface area (Å²) in [6.45, 7) is 4.68. The molecular formula is C18H17N3O2S. The first kappa shape index (κ1) is 15.1. The molecule has 5 nitrogen and oxygen atoms in total. The van der Waals surface area contributed by atoms with Crippen molar-refractivity contribution in [3.05, 3.63) is 52.7 Å². The second kappa shape index (κ2) is 5.87. The average molecular weight is 339 g/mol. The van der Waals surface area contributed by atoms with E-state index in [9.17, 15) is 4.79 Å². The molecule has 0 N–H and O–H groups in total. The number of carbonyl (C=O) groups excluding carboxylic acids is 1. The highest BCUT2D eigenvalue weighted by atomic mass is 32.1. The highest BCUT2D eigenvalue weighted by Crippen LogP contribution is 2.34. The van der Waals surface area contributed by atoms with Crippen molar-refractivity contribution in [1.82, 2.24) is 10.1 Å². The smallest absolute Gasteiger partial charge is 0.232 e. The molecule has 122 valence electrons. The third-order valence-electron chi connectivity index (χ3n) is 4.52. The van der Waals surface area contributed by atoms with E-state index < -0.39 is 0 Å². The van der Waals surface area contributed by atoms with Gasteiger partial charge in [0.2, 0.25) is 17.6 Å². The maximum absolute atomic E-state index is 12.5. The quantitative estimate of drug-likeness (QED) is 0.725. The van der Waals surface area contributed by atoms with Crippen molar-refractivity contribution >= 4 is 22.9 Å². The van der Waals surface area contributed by atoms with Gasteiger partial charge in [-0.05, 0) is 42.5 Å². The lowest BCUT2D eigenvalue weighted by atomic mass is 10.1. The predicted molar refractivity (Wildman–Crippen MR) is 93.2 cm³/mol. The summed E-state index contributed by atoms with van der Waals surface area (Å²) in [5.74, 6) is 1.18. The molecule has 1 saturated heterocycles. The Bertz CT molecular complexity index is 886. The van der Waals surface area contributed by atoms with Crippen molar-refractivity contribution in [2.75, 3.05) is 11.4 Å². The number of benzene rings is 1. The van der Waals surface area contributed by atoms with Gasteiger partial charge < -0.3 is 9.42 Å². The van der Waals surface area contributed by atoms with E-state index in [-0.39, 0.29) is 11.8 Å². The molecule has 1 fully saturated rings. The lowest BCUT2D eigenvalue weighted by Crippen LogP contribution is -2.25. The number of thiophene rings is 1. The van der Waals surface area contributed by atoms with Crippen molar-refractivity contribution in [3.8, 4) is 10.7 Å². The lowest BCUT2D eigenvalue weighted by molar-refractivity contribution is -0.117. The van der Waals surface area contributed by atoms with Gasteiger partial charge in [0.25, 0.3) is 0 Å². The van der Waals surface area contributed by atoms with Crippen molar-refractivity contribution in [3.63, 3.8) is 0 Å². The first-order valence-corrected chi connectivity index (χ1v) is 8.75. The van der Waals surface area contributed by atoms with Gasteiger partial charge in [0.05, 0.1) is 10.8 Å². The van der Waals surface area contributed by atoms with E-state index in [1.165, 1.54) is 5.56 Å². The fraction of sp³-hybridized carbons (Fsp3) is 0.278. The molecule has 0 radical (unpaired) electrons. The van der Waals surface area contributed by atoms with Crippen molar-refractivity contribution < 1.29 is 9.32 Å². The van der Waals surface area contributed by atoms with Crippen LogP contribution >= 0.6 is 11.3 Å². The summed E-state index contributed by atoms with van der Waals surface area (Å²) in [6.07, 6.45) is 0.402. The Morgan fingerprint density at radius 3 is 2.92 bits per heavy atom. The Kier molecular flexibility index (Phi) is 3.69. The molecule has 1 aliphatic heterocycles. The number of carbonyl (C=O) groups is 1. The molecule has 1 unspecified atom stereocenters. The van der Waals surface area contributed by atoms with Gasteiger partial charge in [0.1, 0.15) is 0 Å². The van der Waals surface area contributed by atoms with Gasteiger partial charge in [-0.1, -0.05) is 23.4 Å². The topological polar surface area (TPSA) is 59.2 Å². The van der Waals surface area contributed by atoms with Crippen LogP contribution in [0.1, 0.15) is 29.4 Å². The molecule has 0 aliphatic carbocycles. The van der Waals surface area contributed by atoms with E-state index in [0.717, 1.165) is 16.1 Å². The number of aromatic nitrogens is 2. The van der Waals surface area contributed by atoms with Crippen LogP contribution < -0.4 is 4.90 Å². The molecule has 0 saturated carbocycles. The number of hydrogen-bond acceptors (Lipinski definition) is 5. The minimum Gasteiger partial charge on any atom is -0.339 e. The molecule has 3 aromatic rings. The molecule has 0 bridgehead atoms. The van der Waals surface area contributed by atoms with Crippen LogP contribution in [0.3, 0.4) is 0 Å². The molecule has 3 heterocycles. The van der Waals surface area contributed by atoms with Crippen LogP contribution in [0.4, 0.5) is 5.69 Å². The number of amides is 1. The van der Waals surface area contributed by atoms with Crippen molar-refractivity contribution in [2.24, 2.45) is 0 Å². The summed E-state index contributed by atoms with van der Waals surface area (Å²) in [5.41, 5.74) is 3.29. The molecule has 24 heavy (non-hydrogen) atoms. The fourth-order valence-corrected chi connectivity index (χ4v) is 3.69. The van der Waals surface area contributed by atoms with E-state index in [1.54, 1.807) is 11.3 Å². The normalized spacial score (nSPS) is 17.7. The largest absolute Gasteiger partial charge is 0.339 e. The van der Waals surface area contributed by atoms with Crippen LogP contribution in [0.2, 0.25) is 0 Å². The highest BCUT2D eigenvalue weighted by Gasteiger charge is 2.35. The molecule has 2 aromatic heterocycles. The first-order chi connectivity index (χ1) is 11.6. The summed E-state index contributed by atoms with van der Waals surface area (Å²) < 4.78 is 5.43. The molecule has 1 aliphatic rings. The minimum atomic E-state index is -0.0568. The summed E-state index contributed by atoms with van der Waals surface area (Å²) in [4.78, 5) is 19.8. The molecule has 4 rings (SSSR count). The SMILES string of the molecule is Cc1cccc(N2CC(c3nc(-c4cccs4)no3)CC2=O)c1C. The van der Waals surface area contributed by atoms with E-state index in [1.807, 2.05) is 41.5 Å². The second-order valence-corrected chi connectivity index (χ2v) is 7.01. The van der Waals surface area contributed by atoms with Gasteiger partial charge >= 0.3 is 0 Å². The number of rotatable bonds is 3. The summed E-state index contributed by atoms with van der Waals surface area (Å²) >= 11 is 1.57. The van der Waals surface area contributed by atoms with Crippen LogP contribution in [-0.4, -0.2) is 22.6 Å². The number of hydrogen-bond donors (Lipinski definition) is 0. The standard InChI is InChI=1S/C18H17N3O2S/c1-11-5-3-6-14(12(11)2)21-10-13(9-16(21)22)18-19-17(20-23-18)15-7-4-8-24-15/h3-8,13H,9-10H2,1-2H3. The number of aryl methyl sites for hydroxylation is 1. The Labute approximate surface area is 143 Å². The van der Waals surface area contributed by atoms with Gasteiger partial charge in [-0.15, -0.1) is 11.3 Å². The maximum atomic E-state index is 12.5. The Morgan fingerprint density at radius 2 is 2.12 bits per heavy atom. The average Bonchev–Trinajstić information content (AvgIpc) is 3.29. The Balaban J connectivity index is 1.59. The maximum Gasteiger partial charge on any atom is 0.232 e. The van der Waals surface area contributed by atoms with Crippen LogP contribution in [-0.2, 0) is 4.79 Å². The van der Waals surface area contributed by atoms with Crippen molar-refractivity contribution in [2.45, 2.75) is 26.2 Å². The molecule has 6 heteroatoms. The lowest BCUT2D eigenvalue weighted by Gasteiger charge is -2.19. The van der Waals surface area contributed by atoms with Gasteiger partial charge in [-0.2, -0.15) is 4.98 Å². The van der Waals surface area contributed by atoms with Gasteiger partial charge in [0, 0.05) is 18.7 Å². The highest BCUT2D eigenvalue weighted by molar-refractivity contribution is 7.13. The van der Waals surface area contributed by atoms with Gasteiger partial charge in [-0.3, -0.25) is 4.79 Å². The molecular weight excluding hydrogens is 322 g/mol. The van der Waals surface area contributed by atoms with E-state index >= 15 is 0 Å². The Morgan fingerprint density at radius 1 is 1.25 bits per heavy atom. The van der Waals surface area contributed by atoms with Crippen LogP contribution in [0.5, 0.6) is 0 Å². The summed E-state index contributed by atoms with van der Waals surface area (Å²) in [5, 5.41) is 6.03. The van der Waals surface area contributed by atoms with Crippen LogP contribution in [0.15, 0.2) is 40.2 Å². The molecule has 0 spiro atoms. The van der Waals surface area contributed by atoms with Crippen LogP contribution in [0, 0.1) is 13.8 Å². The molecule has 1 atom stereocenters.